The molecule has 0 atom stereocenters. The fraction of sp³-hybridized carbons (Fsp3) is 0.486. The van der Waals surface area contributed by atoms with E-state index < -0.39 is 11.6 Å². The zero-order valence-corrected chi connectivity index (χ0v) is 29.0. The van der Waals surface area contributed by atoms with E-state index in [1.54, 1.807) is 24.9 Å². The van der Waals surface area contributed by atoms with Crippen LogP contribution in [0.1, 0.15) is 61.8 Å². The summed E-state index contributed by atoms with van der Waals surface area (Å²) in [5.41, 5.74) is 2.58. The molecule has 3 aromatic rings. The van der Waals surface area contributed by atoms with Crippen LogP contribution in [-0.4, -0.2) is 90.7 Å². The Kier molecular flexibility index (Phi) is 10.5. The van der Waals surface area contributed by atoms with Crippen molar-refractivity contribution in [3.05, 3.63) is 58.6 Å². The van der Waals surface area contributed by atoms with E-state index in [0.29, 0.717) is 41.8 Å². The number of aryl methyl sites for hydroxylation is 1. The minimum absolute atomic E-state index is 0.206. The topological polar surface area (TPSA) is 125 Å². The predicted molar refractivity (Wildman–Crippen MR) is 186 cm³/mol. The van der Waals surface area contributed by atoms with E-state index >= 15 is 0 Å². The summed E-state index contributed by atoms with van der Waals surface area (Å²) in [6, 6.07) is 10.9. The molecule has 2 aliphatic rings. The molecule has 0 aliphatic carbocycles. The van der Waals surface area contributed by atoms with Crippen LogP contribution in [0.2, 0.25) is 0 Å². The lowest BCUT2D eigenvalue weighted by Gasteiger charge is -2.41. The summed E-state index contributed by atoms with van der Waals surface area (Å²) in [4.78, 5) is 49.1. The number of carbonyl (C=O) groups excluding carboxylic acids is 3. The lowest BCUT2D eigenvalue weighted by Crippen LogP contribution is -2.63. The molecule has 4 amide bonds. The number of anilines is 2. The largest absolute Gasteiger partial charge is 0.478 e. The van der Waals surface area contributed by atoms with Crippen molar-refractivity contribution in [2.45, 2.75) is 58.9 Å². The van der Waals surface area contributed by atoms with E-state index in [9.17, 15) is 14.4 Å². The van der Waals surface area contributed by atoms with Crippen LogP contribution >= 0.6 is 11.3 Å². The Morgan fingerprint density at radius 3 is 2.55 bits per heavy atom. The molecular weight excluding hydrogens is 616 g/mol. The maximum absolute atomic E-state index is 13.8. The first kappa shape index (κ1) is 34.3. The summed E-state index contributed by atoms with van der Waals surface area (Å²) in [6.07, 6.45) is 2.70. The number of urea groups is 1. The van der Waals surface area contributed by atoms with E-state index in [4.69, 9.17) is 9.47 Å². The van der Waals surface area contributed by atoms with Gasteiger partial charge in [-0.25, -0.2) is 9.78 Å². The van der Waals surface area contributed by atoms with Gasteiger partial charge in [-0.2, -0.15) is 0 Å². The normalized spacial score (nSPS) is 16.8. The van der Waals surface area contributed by atoms with E-state index in [-0.39, 0.29) is 17.2 Å². The van der Waals surface area contributed by atoms with Crippen molar-refractivity contribution in [2.24, 2.45) is 0 Å². The highest BCUT2D eigenvalue weighted by Crippen LogP contribution is 2.38. The van der Waals surface area contributed by atoms with Crippen molar-refractivity contribution in [1.29, 1.82) is 0 Å². The van der Waals surface area contributed by atoms with Crippen LogP contribution in [0.4, 0.5) is 15.5 Å². The second-order valence-corrected chi connectivity index (χ2v) is 14.6. The Balaban J connectivity index is 1.25. The highest BCUT2D eigenvalue weighted by Gasteiger charge is 2.42. The van der Waals surface area contributed by atoms with Crippen LogP contribution in [0.15, 0.2) is 42.6 Å². The van der Waals surface area contributed by atoms with Crippen molar-refractivity contribution in [2.75, 3.05) is 63.2 Å². The quantitative estimate of drug-likeness (QED) is 0.258. The number of pyridine rings is 1. The molecule has 252 valence electrons. The van der Waals surface area contributed by atoms with Crippen molar-refractivity contribution < 1.29 is 23.9 Å². The molecule has 1 aromatic carbocycles. The molecule has 0 bridgehead atoms. The van der Waals surface area contributed by atoms with Gasteiger partial charge in [-0.15, -0.1) is 11.3 Å². The monoisotopic (exact) mass is 662 g/mol. The summed E-state index contributed by atoms with van der Waals surface area (Å²) in [5.74, 6) is 0.0794. The standard InChI is InChI=1S/C35H46N6O5S/c1-23-8-10-25(20-26(23)24-9-11-29(37-22-24)46-17-7-13-40-15-18-45-19-16-40)38-33(44)39-30-27(21-28(47-30)34(2,3)4)31(42)41-14-12-36-32(43)35(41,5)6/h8-11,20-22H,7,12-19H2,1-6H3,(H,36,43)(H2,38,39,44). The van der Waals surface area contributed by atoms with Gasteiger partial charge in [0, 0.05) is 61.1 Å². The summed E-state index contributed by atoms with van der Waals surface area (Å²) in [5, 5.41) is 9.12. The minimum Gasteiger partial charge on any atom is -0.478 e. The lowest BCUT2D eigenvalue weighted by atomic mass is 9.93. The zero-order chi connectivity index (χ0) is 33.8. The summed E-state index contributed by atoms with van der Waals surface area (Å²) < 4.78 is 11.3. The molecule has 0 spiro atoms. The van der Waals surface area contributed by atoms with Gasteiger partial charge in [-0.1, -0.05) is 26.8 Å². The number of aromatic nitrogens is 1. The van der Waals surface area contributed by atoms with Crippen molar-refractivity contribution in [3.8, 4) is 17.0 Å². The number of amides is 4. The number of thiophene rings is 1. The Morgan fingerprint density at radius 2 is 1.85 bits per heavy atom. The molecule has 4 heterocycles. The number of hydrogen-bond donors (Lipinski definition) is 3. The highest BCUT2D eigenvalue weighted by molar-refractivity contribution is 7.16. The van der Waals surface area contributed by atoms with Gasteiger partial charge in [0.25, 0.3) is 5.91 Å². The summed E-state index contributed by atoms with van der Waals surface area (Å²) >= 11 is 1.37. The molecule has 2 aromatic heterocycles. The zero-order valence-electron chi connectivity index (χ0n) is 28.2. The number of nitrogens with one attached hydrogen (secondary N) is 3. The number of rotatable bonds is 9. The molecule has 2 fully saturated rings. The molecule has 2 saturated heterocycles. The second kappa shape index (κ2) is 14.4. The van der Waals surface area contributed by atoms with Gasteiger partial charge >= 0.3 is 6.03 Å². The molecule has 0 saturated carbocycles. The third-order valence-corrected chi connectivity index (χ3v) is 10.0. The maximum atomic E-state index is 13.8. The smallest absolute Gasteiger partial charge is 0.324 e. The van der Waals surface area contributed by atoms with Crippen molar-refractivity contribution >= 4 is 39.9 Å². The van der Waals surface area contributed by atoms with E-state index in [1.807, 2.05) is 43.3 Å². The molecule has 0 radical (unpaired) electrons. The number of benzene rings is 1. The first-order chi connectivity index (χ1) is 22.3. The van der Waals surface area contributed by atoms with Gasteiger partial charge in [0.1, 0.15) is 10.5 Å². The number of ether oxygens (including phenoxy) is 2. The van der Waals surface area contributed by atoms with Crippen LogP contribution in [0.25, 0.3) is 11.1 Å². The van der Waals surface area contributed by atoms with Gasteiger partial charge in [0.05, 0.1) is 25.4 Å². The van der Waals surface area contributed by atoms with Gasteiger partial charge in [0.15, 0.2) is 0 Å². The Morgan fingerprint density at radius 1 is 1.09 bits per heavy atom. The van der Waals surface area contributed by atoms with Gasteiger partial charge in [-0.3, -0.25) is 19.8 Å². The Hall–Kier alpha value is -4.00. The molecule has 2 aliphatic heterocycles. The molecule has 5 rings (SSSR count). The second-order valence-electron chi connectivity index (χ2n) is 13.5. The number of carbonyl (C=O) groups is 3. The summed E-state index contributed by atoms with van der Waals surface area (Å²) in [7, 11) is 0. The molecule has 3 N–H and O–H groups in total. The molecule has 47 heavy (non-hydrogen) atoms. The molecular formula is C35H46N6O5S. The SMILES string of the molecule is Cc1ccc(NC(=O)Nc2sc(C(C)(C)C)cc2C(=O)N2CCNC(=O)C2(C)C)cc1-c1ccc(OCCCN2CCOCC2)nc1. The average Bonchev–Trinajstić information content (AvgIpc) is 3.46. The average molecular weight is 663 g/mol. The van der Waals surface area contributed by atoms with Crippen LogP contribution in [0.5, 0.6) is 5.88 Å². The molecule has 11 nitrogen and oxygen atoms in total. The fourth-order valence-electron chi connectivity index (χ4n) is 5.60. The van der Waals surface area contributed by atoms with E-state index in [0.717, 1.165) is 60.8 Å². The van der Waals surface area contributed by atoms with Crippen LogP contribution in [0.3, 0.4) is 0 Å². The number of morpholine rings is 1. The van der Waals surface area contributed by atoms with Crippen LogP contribution in [0, 0.1) is 6.92 Å². The molecule has 12 heteroatoms. The Bertz CT molecular complexity index is 1590. The predicted octanol–water partition coefficient (Wildman–Crippen LogP) is 5.51. The van der Waals surface area contributed by atoms with Gasteiger partial charge in [0.2, 0.25) is 11.8 Å². The third-order valence-electron chi connectivity index (χ3n) is 8.54. The first-order valence-electron chi connectivity index (χ1n) is 16.2. The number of piperazine rings is 1. The maximum Gasteiger partial charge on any atom is 0.324 e. The third kappa shape index (κ3) is 8.30. The van der Waals surface area contributed by atoms with Crippen LogP contribution in [-0.2, 0) is 14.9 Å². The van der Waals surface area contributed by atoms with Crippen molar-refractivity contribution in [1.82, 2.24) is 20.1 Å². The van der Waals surface area contributed by atoms with E-state index in [2.05, 4.69) is 46.6 Å². The number of hydrogen-bond acceptors (Lipinski definition) is 8. The van der Waals surface area contributed by atoms with Crippen molar-refractivity contribution in [3.63, 3.8) is 0 Å². The fourth-order valence-corrected chi connectivity index (χ4v) is 6.71. The Labute approximate surface area is 281 Å². The minimum atomic E-state index is -1.01. The lowest BCUT2D eigenvalue weighted by molar-refractivity contribution is -0.133. The molecule has 0 unspecified atom stereocenters. The van der Waals surface area contributed by atoms with Gasteiger partial charge in [-0.05, 0) is 68.0 Å². The van der Waals surface area contributed by atoms with Gasteiger partial charge < -0.3 is 25.0 Å². The highest BCUT2D eigenvalue weighted by atomic mass is 32.1. The summed E-state index contributed by atoms with van der Waals surface area (Å²) in [6.45, 7) is 17.5. The van der Waals surface area contributed by atoms with Crippen LogP contribution < -0.4 is 20.7 Å². The number of nitrogens with zero attached hydrogens (tertiary/aromatic N) is 3. The first-order valence-corrected chi connectivity index (χ1v) is 17.0. The van der Waals surface area contributed by atoms with E-state index in [1.165, 1.54) is 11.3 Å².